The Hall–Kier alpha value is 0.590. The number of rotatable bonds is 6. The quantitative estimate of drug-likeness (QED) is 0.273. The molecule has 4 nitrogen and oxygen atoms in total. The summed E-state index contributed by atoms with van der Waals surface area (Å²) in [5.41, 5.74) is 0.789. The molecule has 3 N–H and O–H groups in total. The molecule has 6 heteroatoms. The van der Waals surface area contributed by atoms with Crippen LogP contribution in [0, 0.1) is 17.8 Å². The summed E-state index contributed by atoms with van der Waals surface area (Å²) in [4.78, 5) is 9.37. The summed E-state index contributed by atoms with van der Waals surface area (Å²) < 4.78 is 11.4. The van der Waals surface area contributed by atoms with E-state index in [1.165, 1.54) is 18.7 Å². The van der Waals surface area contributed by atoms with E-state index in [-0.39, 0.29) is 41.6 Å². The molecule has 3 saturated carbocycles. The third kappa shape index (κ3) is 6.81. The van der Waals surface area contributed by atoms with E-state index in [4.69, 9.17) is 0 Å². The molecule has 0 bridgehead atoms. The minimum absolute atomic E-state index is 0. The first kappa shape index (κ1) is 23.9. The second kappa shape index (κ2) is 10.1. The fraction of sp³-hybridized carbons (Fsp3) is 0.810. The van der Waals surface area contributed by atoms with Crippen molar-refractivity contribution in [3.05, 3.63) is 23.8 Å². The molecule has 3 aliphatic rings. The standard InChI is InChI=1S/C21H35O4P.Na.H/c1-26(24,25)12-6-3-7-16-13-17-15-20(22)18(19(17)14-16)8-11-21(23)9-4-2-5-10-21;;/h7-8,11,17-20,22-23H,2-6,9-10,12-15H2,1H3,(H,24,25);;. The molecule has 0 aromatic carbocycles. The van der Waals surface area contributed by atoms with Crippen LogP contribution in [0.3, 0.4) is 0 Å². The van der Waals surface area contributed by atoms with E-state index in [1.54, 1.807) is 0 Å². The Morgan fingerprint density at radius 2 is 1.93 bits per heavy atom. The predicted octanol–water partition coefficient (Wildman–Crippen LogP) is 3.60. The maximum atomic E-state index is 11.4. The van der Waals surface area contributed by atoms with E-state index in [0.717, 1.165) is 57.8 Å². The molecule has 0 radical (unpaired) electrons. The van der Waals surface area contributed by atoms with Crippen molar-refractivity contribution in [3.63, 3.8) is 0 Å². The third-order valence-corrected chi connectivity index (χ3v) is 7.81. The Kier molecular flexibility index (Phi) is 8.90. The zero-order valence-corrected chi connectivity index (χ0v) is 16.9. The number of unbranched alkanes of at least 4 members (excludes halogenated alkanes) is 1. The summed E-state index contributed by atoms with van der Waals surface area (Å²) in [5.74, 6) is 1.18. The molecule has 27 heavy (non-hydrogen) atoms. The van der Waals surface area contributed by atoms with Gasteiger partial charge in [0, 0.05) is 18.7 Å². The number of fused-ring (bicyclic) bond motifs is 1. The van der Waals surface area contributed by atoms with Gasteiger partial charge in [0.25, 0.3) is 0 Å². The SMILES string of the molecule is CP(=O)(O)CCCC=C1CC2CC(O)C(C=CC3(O)CCCCC3)C2C1.[NaH]. The number of hydrogen-bond donors (Lipinski definition) is 3. The van der Waals surface area contributed by atoms with Gasteiger partial charge in [0.2, 0.25) is 0 Å². The molecule has 0 saturated heterocycles. The monoisotopic (exact) mass is 406 g/mol. The van der Waals surface area contributed by atoms with Gasteiger partial charge in [-0.05, 0) is 56.8 Å². The van der Waals surface area contributed by atoms with Crippen molar-refractivity contribution in [3.8, 4) is 0 Å². The van der Waals surface area contributed by atoms with Crippen LogP contribution in [-0.4, -0.2) is 69.2 Å². The number of hydrogen-bond acceptors (Lipinski definition) is 3. The van der Waals surface area contributed by atoms with Crippen LogP contribution in [0.25, 0.3) is 0 Å². The summed E-state index contributed by atoms with van der Waals surface area (Å²) in [6, 6.07) is 0. The first-order chi connectivity index (χ1) is 12.3. The molecule has 0 aromatic rings. The summed E-state index contributed by atoms with van der Waals surface area (Å²) in [7, 11) is -2.89. The van der Waals surface area contributed by atoms with Gasteiger partial charge in [-0.3, -0.25) is 4.57 Å². The molecule has 150 valence electrons. The molecule has 5 unspecified atom stereocenters. The Morgan fingerprint density at radius 1 is 1.22 bits per heavy atom. The number of aliphatic hydroxyl groups is 2. The van der Waals surface area contributed by atoms with Crippen LogP contribution in [0.15, 0.2) is 23.8 Å². The van der Waals surface area contributed by atoms with Gasteiger partial charge in [0.05, 0.1) is 11.7 Å². The van der Waals surface area contributed by atoms with E-state index in [1.807, 2.05) is 6.08 Å². The van der Waals surface area contributed by atoms with Crippen molar-refractivity contribution >= 4 is 36.9 Å². The van der Waals surface area contributed by atoms with Crippen LogP contribution in [0.5, 0.6) is 0 Å². The molecule has 3 fully saturated rings. The van der Waals surface area contributed by atoms with Crippen molar-refractivity contribution in [2.24, 2.45) is 17.8 Å². The topological polar surface area (TPSA) is 77.8 Å². The van der Waals surface area contributed by atoms with Gasteiger partial charge in [-0.25, -0.2) is 0 Å². The zero-order valence-electron chi connectivity index (χ0n) is 16.0. The minimum atomic E-state index is -2.89. The molecule has 0 aliphatic heterocycles. The Bertz CT molecular complexity index is 591. The summed E-state index contributed by atoms with van der Waals surface area (Å²) >= 11 is 0. The summed E-state index contributed by atoms with van der Waals surface area (Å²) in [5, 5.41) is 21.2. The molecule has 5 atom stereocenters. The van der Waals surface area contributed by atoms with E-state index < -0.39 is 13.0 Å². The van der Waals surface area contributed by atoms with Crippen LogP contribution < -0.4 is 0 Å². The number of aliphatic hydroxyl groups excluding tert-OH is 1. The van der Waals surface area contributed by atoms with Gasteiger partial charge in [0.1, 0.15) is 0 Å². The first-order valence-corrected chi connectivity index (χ1v) is 12.6. The van der Waals surface area contributed by atoms with Gasteiger partial charge in [-0.2, -0.15) is 0 Å². The van der Waals surface area contributed by atoms with Gasteiger partial charge < -0.3 is 15.1 Å². The second-order valence-electron chi connectivity index (χ2n) is 9.02. The summed E-state index contributed by atoms with van der Waals surface area (Å²) in [6.45, 7) is 1.43. The van der Waals surface area contributed by atoms with E-state index in [0.29, 0.717) is 18.0 Å². The molecular formula is C21H36NaO4P. The zero-order chi connectivity index (χ0) is 18.8. The van der Waals surface area contributed by atoms with Crippen LogP contribution in [0.1, 0.15) is 64.2 Å². The molecular weight excluding hydrogens is 370 g/mol. The molecule has 0 amide bonds. The average molecular weight is 406 g/mol. The molecule has 0 aromatic heterocycles. The van der Waals surface area contributed by atoms with Crippen molar-refractivity contribution in [2.75, 3.05) is 12.8 Å². The Labute approximate surface area is 186 Å². The first-order valence-electron chi connectivity index (χ1n) is 10.3. The summed E-state index contributed by atoms with van der Waals surface area (Å²) in [6.07, 6.45) is 16.1. The molecule has 0 heterocycles. The predicted molar refractivity (Wildman–Crippen MR) is 113 cm³/mol. The second-order valence-corrected chi connectivity index (χ2v) is 11.6. The Morgan fingerprint density at radius 3 is 2.59 bits per heavy atom. The molecule has 3 rings (SSSR count). The van der Waals surface area contributed by atoms with Gasteiger partial charge in [-0.15, -0.1) is 0 Å². The molecule has 0 spiro atoms. The van der Waals surface area contributed by atoms with Crippen LogP contribution in [-0.2, 0) is 4.57 Å². The maximum absolute atomic E-state index is 11.4. The van der Waals surface area contributed by atoms with Crippen molar-refractivity contribution in [2.45, 2.75) is 75.9 Å². The van der Waals surface area contributed by atoms with Crippen molar-refractivity contribution < 1.29 is 19.7 Å². The third-order valence-electron chi connectivity index (χ3n) is 6.67. The van der Waals surface area contributed by atoms with Crippen LogP contribution in [0.4, 0.5) is 0 Å². The van der Waals surface area contributed by atoms with E-state index in [2.05, 4.69) is 12.2 Å². The van der Waals surface area contributed by atoms with Gasteiger partial charge in [0.15, 0.2) is 7.37 Å². The van der Waals surface area contributed by atoms with Crippen molar-refractivity contribution in [1.82, 2.24) is 0 Å². The fourth-order valence-electron chi connectivity index (χ4n) is 5.25. The Balaban J connectivity index is 0.00000261. The molecule has 3 aliphatic carbocycles. The van der Waals surface area contributed by atoms with Gasteiger partial charge >= 0.3 is 29.6 Å². The van der Waals surface area contributed by atoms with Crippen LogP contribution in [0.2, 0.25) is 0 Å². The van der Waals surface area contributed by atoms with Gasteiger partial charge in [-0.1, -0.05) is 43.1 Å². The van der Waals surface area contributed by atoms with E-state index >= 15 is 0 Å². The van der Waals surface area contributed by atoms with Crippen LogP contribution >= 0.6 is 7.37 Å². The fourth-order valence-corrected chi connectivity index (χ4v) is 6.02. The van der Waals surface area contributed by atoms with E-state index in [9.17, 15) is 19.7 Å². The number of allylic oxidation sites excluding steroid dienone is 2. The van der Waals surface area contributed by atoms with Crippen molar-refractivity contribution in [1.29, 1.82) is 0 Å². The average Bonchev–Trinajstić information content (AvgIpc) is 3.06. The normalized spacial score (nSPS) is 36.5.